The number of carbonyl (C=O) groups is 1. The van der Waals surface area contributed by atoms with E-state index in [0.717, 1.165) is 11.3 Å². The highest BCUT2D eigenvalue weighted by Gasteiger charge is 2.24. The van der Waals surface area contributed by atoms with E-state index in [4.69, 9.17) is 9.25 Å². The number of benzene rings is 1. The molecule has 0 aliphatic carbocycles. The van der Waals surface area contributed by atoms with E-state index in [-0.39, 0.29) is 5.91 Å². The first-order chi connectivity index (χ1) is 9.83. The SMILES string of the molecule is O=C(NCc1ccco1)[C@@H]1C=C(c2ccccc2)NO1. The summed E-state index contributed by atoms with van der Waals surface area (Å²) in [6, 6.07) is 13.3. The number of carbonyl (C=O) groups excluding carboxylic acids is 1. The molecule has 0 radical (unpaired) electrons. The van der Waals surface area contributed by atoms with Crippen LogP contribution in [-0.4, -0.2) is 12.0 Å². The first-order valence-electron chi connectivity index (χ1n) is 6.32. The van der Waals surface area contributed by atoms with Gasteiger partial charge < -0.3 is 9.73 Å². The standard InChI is InChI=1S/C15H14N2O3/c18-15(16-10-12-7-4-8-19-12)14-9-13(17-20-14)11-5-2-1-3-6-11/h1-9,14,17H,10H2,(H,16,18)/t14-/m0/s1. The second kappa shape index (κ2) is 5.63. The molecular formula is C15H14N2O3. The summed E-state index contributed by atoms with van der Waals surface area (Å²) in [6.45, 7) is 0.347. The molecule has 0 saturated heterocycles. The molecule has 2 N–H and O–H groups in total. The molecule has 0 fully saturated rings. The van der Waals surface area contributed by atoms with Crippen LogP contribution in [0.3, 0.4) is 0 Å². The number of rotatable bonds is 4. The van der Waals surface area contributed by atoms with Crippen molar-refractivity contribution in [3.05, 3.63) is 66.1 Å². The Morgan fingerprint density at radius 2 is 2.05 bits per heavy atom. The van der Waals surface area contributed by atoms with Crippen molar-refractivity contribution in [3.8, 4) is 0 Å². The van der Waals surface area contributed by atoms with Gasteiger partial charge in [-0.25, -0.2) is 0 Å². The Morgan fingerprint density at radius 1 is 1.20 bits per heavy atom. The molecule has 0 saturated carbocycles. The smallest absolute Gasteiger partial charge is 0.256 e. The van der Waals surface area contributed by atoms with Gasteiger partial charge in [0.05, 0.1) is 18.5 Å². The van der Waals surface area contributed by atoms with Gasteiger partial charge in [0.25, 0.3) is 5.91 Å². The molecule has 20 heavy (non-hydrogen) atoms. The first-order valence-corrected chi connectivity index (χ1v) is 6.32. The molecule has 5 heteroatoms. The Bertz CT molecular complexity index is 605. The lowest BCUT2D eigenvalue weighted by Crippen LogP contribution is -2.34. The van der Waals surface area contributed by atoms with Gasteiger partial charge >= 0.3 is 0 Å². The van der Waals surface area contributed by atoms with E-state index >= 15 is 0 Å². The molecule has 2 aromatic rings. The number of amides is 1. The van der Waals surface area contributed by atoms with Gasteiger partial charge in [-0.2, -0.15) is 0 Å². The van der Waals surface area contributed by atoms with E-state index < -0.39 is 6.10 Å². The predicted octanol–water partition coefficient (Wildman–Crippen LogP) is 1.84. The van der Waals surface area contributed by atoms with Crippen LogP contribution in [0.2, 0.25) is 0 Å². The molecule has 2 heterocycles. The van der Waals surface area contributed by atoms with Crippen LogP contribution in [0.4, 0.5) is 0 Å². The third kappa shape index (κ3) is 2.73. The zero-order chi connectivity index (χ0) is 13.8. The monoisotopic (exact) mass is 270 g/mol. The topological polar surface area (TPSA) is 63.5 Å². The second-order valence-electron chi connectivity index (χ2n) is 4.38. The van der Waals surface area contributed by atoms with Crippen LogP contribution >= 0.6 is 0 Å². The summed E-state index contributed by atoms with van der Waals surface area (Å²) in [4.78, 5) is 17.2. The molecule has 0 bridgehead atoms. The van der Waals surface area contributed by atoms with E-state index in [0.29, 0.717) is 12.3 Å². The van der Waals surface area contributed by atoms with Gasteiger partial charge in [-0.05, 0) is 23.8 Å². The summed E-state index contributed by atoms with van der Waals surface area (Å²) in [7, 11) is 0. The molecular weight excluding hydrogens is 256 g/mol. The zero-order valence-corrected chi connectivity index (χ0v) is 10.7. The minimum absolute atomic E-state index is 0.208. The van der Waals surface area contributed by atoms with Crippen LogP contribution in [0.25, 0.3) is 5.70 Å². The van der Waals surface area contributed by atoms with Crippen LogP contribution in [0.15, 0.2) is 59.2 Å². The summed E-state index contributed by atoms with van der Waals surface area (Å²) in [6.07, 6.45) is 2.69. The Labute approximate surface area is 116 Å². The van der Waals surface area contributed by atoms with Gasteiger partial charge in [-0.15, -0.1) is 0 Å². The van der Waals surface area contributed by atoms with Gasteiger partial charge in [0.1, 0.15) is 5.76 Å². The van der Waals surface area contributed by atoms with Crippen molar-refractivity contribution in [2.45, 2.75) is 12.6 Å². The average Bonchev–Trinajstić information content (AvgIpc) is 3.17. The quantitative estimate of drug-likeness (QED) is 0.890. The zero-order valence-electron chi connectivity index (χ0n) is 10.7. The highest BCUT2D eigenvalue weighted by molar-refractivity contribution is 5.86. The average molecular weight is 270 g/mol. The van der Waals surface area contributed by atoms with Crippen molar-refractivity contribution in [2.24, 2.45) is 0 Å². The summed E-state index contributed by atoms with van der Waals surface area (Å²) in [5, 5.41) is 2.76. The Hall–Kier alpha value is -2.53. The van der Waals surface area contributed by atoms with Crippen molar-refractivity contribution in [1.82, 2.24) is 10.8 Å². The molecule has 0 spiro atoms. The van der Waals surface area contributed by atoms with E-state index in [1.807, 2.05) is 30.3 Å². The lowest BCUT2D eigenvalue weighted by atomic mass is 10.1. The number of nitrogens with one attached hydrogen (secondary N) is 2. The second-order valence-corrected chi connectivity index (χ2v) is 4.38. The summed E-state index contributed by atoms with van der Waals surface area (Å²) < 4.78 is 5.15. The Kier molecular flexibility index (Phi) is 3.52. The molecule has 1 aliphatic heterocycles. The van der Waals surface area contributed by atoms with Crippen molar-refractivity contribution in [3.63, 3.8) is 0 Å². The van der Waals surface area contributed by atoms with E-state index in [1.54, 1.807) is 24.5 Å². The van der Waals surface area contributed by atoms with Crippen LogP contribution in [0, 0.1) is 0 Å². The fourth-order valence-electron chi connectivity index (χ4n) is 1.94. The maximum Gasteiger partial charge on any atom is 0.256 e. The summed E-state index contributed by atoms with van der Waals surface area (Å²) in [5.74, 6) is 0.497. The molecule has 1 atom stereocenters. The molecule has 5 nitrogen and oxygen atoms in total. The number of hydroxylamine groups is 1. The highest BCUT2D eigenvalue weighted by atomic mass is 16.7. The fourth-order valence-corrected chi connectivity index (χ4v) is 1.94. The van der Waals surface area contributed by atoms with Gasteiger partial charge in [-0.1, -0.05) is 30.3 Å². The first kappa shape index (κ1) is 12.5. The molecule has 1 aromatic heterocycles. The van der Waals surface area contributed by atoms with Crippen molar-refractivity contribution < 1.29 is 14.0 Å². The van der Waals surface area contributed by atoms with Crippen LogP contribution in [-0.2, 0) is 16.2 Å². The predicted molar refractivity (Wildman–Crippen MR) is 73.0 cm³/mol. The molecule has 102 valence electrons. The van der Waals surface area contributed by atoms with E-state index in [2.05, 4.69) is 10.8 Å². The van der Waals surface area contributed by atoms with Crippen LogP contribution in [0.1, 0.15) is 11.3 Å². The molecule has 3 rings (SSSR count). The van der Waals surface area contributed by atoms with Crippen LogP contribution < -0.4 is 10.8 Å². The van der Waals surface area contributed by atoms with Gasteiger partial charge in [0, 0.05) is 0 Å². The lowest BCUT2D eigenvalue weighted by Gasteiger charge is -2.07. The number of furan rings is 1. The number of hydrogen-bond donors (Lipinski definition) is 2. The third-order valence-electron chi connectivity index (χ3n) is 2.97. The van der Waals surface area contributed by atoms with E-state index in [1.165, 1.54) is 0 Å². The largest absolute Gasteiger partial charge is 0.467 e. The maximum atomic E-state index is 12.0. The van der Waals surface area contributed by atoms with Crippen molar-refractivity contribution >= 4 is 11.6 Å². The summed E-state index contributed by atoms with van der Waals surface area (Å²) in [5.41, 5.74) is 4.55. The summed E-state index contributed by atoms with van der Waals surface area (Å²) >= 11 is 0. The van der Waals surface area contributed by atoms with Gasteiger partial charge in [-0.3, -0.25) is 15.1 Å². The van der Waals surface area contributed by atoms with Gasteiger partial charge in [0.15, 0.2) is 6.10 Å². The Balaban J connectivity index is 1.61. The minimum atomic E-state index is -0.639. The fraction of sp³-hybridized carbons (Fsp3) is 0.133. The molecule has 0 unspecified atom stereocenters. The van der Waals surface area contributed by atoms with Gasteiger partial charge in [0.2, 0.25) is 0 Å². The third-order valence-corrected chi connectivity index (χ3v) is 2.97. The Morgan fingerprint density at radius 3 is 2.80 bits per heavy atom. The molecule has 1 amide bonds. The lowest BCUT2D eigenvalue weighted by molar-refractivity contribution is -0.131. The normalized spacial score (nSPS) is 17.4. The molecule has 1 aromatic carbocycles. The van der Waals surface area contributed by atoms with Crippen molar-refractivity contribution in [2.75, 3.05) is 0 Å². The number of hydrogen-bond acceptors (Lipinski definition) is 4. The van der Waals surface area contributed by atoms with Crippen LogP contribution in [0.5, 0.6) is 0 Å². The highest BCUT2D eigenvalue weighted by Crippen LogP contribution is 2.18. The molecule has 1 aliphatic rings. The maximum absolute atomic E-state index is 12.0. The minimum Gasteiger partial charge on any atom is -0.467 e. The van der Waals surface area contributed by atoms with E-state index in [9.17, 15) is 4.79 Å². The van der Waals surface area contributed by atoms with Crippen molar-refractivity contribution in [1.29, 1.82) is 0 Å².